The maximum Gasteiger partial charge on any atom is 0.251 e. The first-order chi connectivity index (χ1) is 10.7. The van der Waals surface area contributed by atoms with Crippen molar-refractivity contribution in [3.05, 3.63) is 0 Å². The average molecular weight is 311 g/mol. The number of unbranched alkanes of at least 4 members (excludes halogenated alkanes) is 3. The number of nitrogens with zero attached hydrogens (tertiary/aromatic N) is 2. The summed E-state index contributed by atoms with van der Waals surface area (Å²) in [5, 5.41) is 0. The van der Waals surface area contributed by atoms with Gasteiger partial charge in [0.15, 0.2) is 0 Å². The van der Waals surface area contributed by atoms with Gasteiger partial charge in [-0.3, -0.25) is 9.59 Å². The number of amides is 2. The maximum absolute atomic E-state index is 12.2. The third-order valence-corrected chi connectivity index (χ3v) is 4.49. The van der Waals surface area contributed by atoms with Crippen molar-refractivity contribution in [1.82, 2.24) is 9.80 Å². The van der Waals surface area contributed by atoms with E-state index in [2.05, 4.69) is 0 Å². The first-order valence-electron chi connectivity index (χ1n) is 8.60. The Hall–Kier alpha value is -1.14. The van der Waals surface area contributed by atoms with Crippen molar-refractivity contribution in [3.63, 3.8) is 0 Å². The highest BCUT2D eigenvalue weighted by molar-refractivity contribution is 5.82. The number of rotatable bonds is 7. The highest BCUT2D eigenvalue weighted by Gasteiger charge is 2.31. The predicted molar refractivity (Wildman–Crippen MR) is 84.3 cm³/mol. The van der Waals surface area contributed by atoms with Gasteiger partial charge in [-0.15, -0.1) is 0 Å². The lowest BCUT2D eigenvalue weighted by atomic mass is 10.1. The van der Waals surface area contributed by atoms with E-state index in [1.54, 1.807) is 0 Å². The molecule has 2 heterocycles. The molecule has 2 fully saturated rings. The van der Waals surface area contributed by atoms with E-state index >= 15 is 0 Å². The summed E-state index contributed by atoms with van der Waals surface area (Å²) in [5.74, 6) is 0.323. The standard InChI is InChI=1S/C16H29N3O3/c17-8-4-2-1-3-7-15(20)18-9-11-19(12-10-18)16(21)14-6-5-13-22-14/h14H,1-13,17H2. The van der Waals surface area contributed by atoms with Crippen LogP contribution in [0.1, 0.15) is 44.9 Å². The van der Waals surface area contributed by atoms with Crippen LogP contribution in [0.4, 0.5) is 0 Å². The zero-order valence-corrected chi connectivity index (χ0v) is 13.5. The third kappa shape index (κ3) is 4.95. The molecule has 2 aliphatic rings. The second-order valence-electron chi connectivity index (χ2n) is 6.16. The average Bonchev–Trinajstić information content (AvgIpc) is 3.08. The third-order valence-electron chi connectivity index (χ3n) is 4.49. The number of hydrogen-bond acceptors (Lipinski definition) is 4. The molecular weight excluding hydrogens is 282 g/mol. The van der Waals surface area contributed by atoms with Gasteiger partial charge in [0.05, 0.1) is 0 Å². The van der Waals surface area contributed by atoms with Gasteiger partial charge in [0.1, 0.15) is 6.10 Å². The summed E-state index contributed by atoms with van der Waals surface area (Å²) >= 11 is 0. The van der Waals surface area contributed by atoms with Crippen LogP contribution in [-0.2, 0) is 14.3 Å². The molecule has 126 valence electrons. The van der Waals surface area contributed by atoms with E-state index in [0.29, 0.717) is 39.2 Å². The molecule has 0 aromatic heterocycles. The molecule has 6 heteroatoms. The first kappa shape index (κ1) is 17.2. The number of carbonyl (C=O) groups is 2. The lowest BCUT2D eigenvalue weighted by molar-refractivity contribution is -0.146. The molecular formula is C16H29N3O3. The van der Waals surface area contributed by atoms with Gasteiger partial charge in [-0.1, -0.05) is 12.8 Å². The number of hydrogen-bond donors (Lipinski definition) is 1. The van der Waals surface area contributed by atoms with Gasteiger partial charge in [0.2, 0.25) is 5.91 Å². The SMILES string of the molecule is NCCCCCCC(=O)N1CCN(C(=O)C2CCCO2)CC1. The van der Waals surface area contributed by atoms with Crippen LogP contribution in [0.2, 0.25) is 0 Å². The van der Waals surface area contributed by atoms with Crippen molar-refractivity contribution < 1.29 is 14.3 Å². The van der Waals surface area contributed by atoms with Gasteiger partial charge in [0.25, 0.3) is 5.91 Å². The molecule has 6 nitrogen and oxygen atoms in total. The van der Waals surface area contributed by atoms with E-state index in [9.17, 15) is 9.59 Å². The van der Waals surface area contributed by atoms with Crippen molar-refractivity contribution in [3.8, 4) is 0 Å². The summed E-state index contributed by atoms with van der Waals surface area (Å²) in [4.78, 5) is 28.1. The summed E-state index contributed by atoms with van der Waals surface area (Å²) in [5.41, 5.74) is 5.45. The lowest BCUT2D eigenvalue weighted by Crippen LogP contribution is -2.52. The van der Waals surface area contributed by atoms with Gasteiger partial charge in [-0.25, -0.2) is 0 Å². The van der Waals surface area contributed by atoms with Gasteiger partial charge in [-0.05, 0) is 32.2 Å². The van der Waals surface area contributed by atoms with Crippen LogP contribution >= 0.6 is 0 Å². The first-order valence-corrected chi connectivity index (χ1v) is 8.60. The minimum Gasteiger partial charge on any atom is -0.368 e. The minimum absolute atomic E-state index is 0.103. The molecule has 0 bridgehead atoms. The minimum atomic E-state index is -0.246. The summed E-state index contributed by atoms with van der Waals surface area (Å²) in [6.07, 6.45) is 6.33. The summed E-state index contributed by atoms with van der Waals surface area (Å²) in [6.45, 7) is 4.00. The predicted octanol–water partition coefficient (Wildman–Crippen LogP) is 0.745. The number of ether oxygens (including phenoxy) is 1. The van der Waals surface area contributed by atoms with E-state index in [4.69, 9.17) is 10.5 Å². The Morgan fingerprint density at radius 2 is 1.68 bits per heavy atom. The highest BCUT2D eigenvalue weighted by Crippen LogP contribution is 2.16. The largest absolute Gasteiger partial charge is 0.368 e. The summed E-state index contributed by atoms with van der Waals surface area (Å²) in [6, 6.07) is 0. The van der Waals surface area contributed by atoms with Crippen molar-refractivity contribution in [2.75, 3.05) is 39.3 Å². The van der Waals surface area contributed by atoms with Crippen molar-refractivity contribution in [2.24, 2.45) is 5.73 Å². The normalized spacial score (nSPS) is 22.1. The van der Waals surface area contributed by atoms with E-state index in [0.717, 1.165) is 45.1 Å². The Balaban J connectivity index is 1.63. The number of carbonyl (C=O) groups excluding carboxylic acids is 2. The van der Waals surface area contributed by atoms with Crippen LogP contribution in [0.3, 0.4) is 0 Å². The Bertz CT molecular complexity index is 362. The quantitative estimate of drug-likeness (QED) is 0.704. The Morgan fingerprint density at radius 3 is 2.32 bits per heavy atom. The molecule has 1 atom stereocenters. The summed E-state index contributed by atoms with van der Waals surface area (Å²) in [7, 11) is 0. The van der Waals surface area contributed by atoms with E-state index in [-0.39, 0.29) is 17.9 Å². The van der Waals surface area contributed by atoms with Crippen molar-refractivity contribution in [2.45, 2.75) is 51.0 Å². The molecule has 0 saturated carbocycles. The zero-order chi connectivity index (χ0) is 15.8. The fourth-order valence-electron chi connectivity index (χ4n) is 3.08. The summed E-state index contributed by atoms with van der Waals surface area (Å²) < 4.78 is 5.45. The van der Waals surface area contributed by atoms with Crippen LogP contribution in [0.5, 0.6) is 0 Å². The molecule has 0 aliphatic carbocycles. The van der Waals surface area contributed by atoms with Crippen molar-refractivity contribution in [1.29, 1.82) is 0 Å². The Labute approximate surface area is 132 Å². The van der Waals surface area contributed by atoms with Crippen LogP contribution in [-0.4, -0.2) is 67.0 Å². The van der Waals surface area contributed by atoms with Crippen LogP contribution < -0.4 is 5.73 Å². The second-order valence-corrected chi connectivity index (χ2v) is 6.16. The van der Waals surface area contributed by atoms with Gasteiger partial charge < -0.3 is 20.3 Å². The lowest BCUT2D eigenvalue weighted by Gasteiger charge is -2.35. The van der Waals surface area contributed by atoms with E-state index in [1.165, 1.54) is 0 Å². The number of piperazine rings is 1. The zero-order valence-electron chi connectivity index (χ0n) is 13.5. The van der Waals surface area contributed by atoms with Gasteiger partial charge >= 0.3 is 0 Å². The van der Waals surface area contributed by atoms with Crippen LogP contribution in [0.15, 0.2) is 0 Å². The number of nitrogens with two attached hydrogens (primary N) is 1. The van der Waals surface area contributed by atoms with Crippen LogP contribution in [0.25, 0.3) is 0 Å². The molecule has 0 aromatic carbocycles. The Kier molecular flexibility index (Phi) is 7.12. The molecule has 2 N–H and O–H groups in total. The maximum atomic E-state index is 12.2. The second kappa shape index (κ2) is 9.10. The smallest absolute Gasteiger partial charge is 0.251 e. The molecule has 1 unspecified atom stereocenters. The highest BCUT2D eigenvalue weighted by atomic mass is 16.5. The molecule has 0 radical (unpaired) electrons. The Morgan fingerprint density at radius 1 is 1.00 bits per heavy atom. The molecule has 0 spiro atoms. The fourth-order valence-corrected chi connectivity index (χ4v) is 3.08. The molecule has 22 heavy (non-hydrogen) atoms. The topological polar surface area (TPSA) is 75.9 Å². The van der Waals surface area contributed by atoms with Gasteiger partial charge in [-0.2, -0.15) is 0 Å². The molecule has 2 aliphatic heterocycles. The van der Waals surface area contributed by atoms with Crippen molar-refractivity contribution >= 4 is 11.8 Å². The van der Waals surface area contributed by atoms with E-state index < -0.39 is 0 Å². The monoisotopic (exact) mass is 311 g/mol. The van der Waals surface area contributed by atoms with E-state index in [1.807, 2.05) is 9.80 Å². The van der Waals surface area contributed by atoms with Crippen LogP contribution in [0, 0.1) is 0 Å². The molecule has 0 aromatic rings. The van der Waals surface area contributed by atoms with Gasteiger partial charge in [0, 0.05) is 39.2 Å². The fraction of sp³-hybridized carbons (Fsp3) is 0.875. The molecule has 2 amide bonds. The molecule has 2 rings (SSSR count). The molecule has 2 saturated heterocycles.